The maximum atomic E-state index is 4.78. The van der Waals surface area contributed by atoms with Crippen molar-refractivity contribution in [1.29, 1.82) is 0 Å². The van der Waals surface area contributed by atoms with Gasteiger partial charge >= 0.3 is 0 Å². The van der Waals surface area contributed by atoms with Crippen molar-refractivity contribution in [3.05, 3.63) is 15.6 Å². The number of thiol groups is 1. The molecule has 0 unspecified atom stereocenters. The van der Waals surface area contributed by atoms with Crippen molar-refractivity contribution in [3.8, 4) is 0 Å². The van der Waals surface area contributed by atoms with E-state index in [1.165, 1.54) is 48.1 Å². The summed E-state index contributed by atoms with van der Waals surface area (Å²) in [6, 6.07) is 0. The van der Waals surface area contributed by atoms with Crippen molar-refractivity contribution in [1.82, 2.24) is 9.88 Å². The lowest BCUT2D eigenvalue weighted by Crippen LogP contribution is -2.21. The molecule has 0 atom stereocenters. The van der Waals surface area contributed by atoms with Gasteiger partial charge in [0.25, 0.3) is 0 Å². The minimum Gasteiger partial charge on any atom is -0.303 e. The lowest BCUT2D eigenvalue weighted by Gasteiger charge is -2.12. The van der Waals surface area contributed by atoms with E-state index in [9.17, 15) is 0 Å². The van der Waals surface area contributed by atoms with Crippen molar-refractivity contribution < 1.29 is 0 Å². The Morgan fingerprint density at radius 3 is 2.59 bits per heavy atom. The quantitative estimate of drug-likeness (QED) is 0.826. The summed E-state index contributed by atoms with van der Waals surface area (Å²) in [5.74, 6) is 1.35. The highest BCUT2D eigenvalue weighted by atomic mass is 32.1. The first-order valence-corrected chi connectivity index (χ1v) is 7.97. The third-order valence-electron chi connectivity index (χ3n) is 3.30. The van der Waals surface area contributed by atoms with Gasteiger partial charge in [0.2, 0.25) is 0 Å². The molecule has 0 amide bonds. The van der Waals surface area contributed by atoms with E-state index in [1.54, 1.807) is 0 Å². The maximum absolute atomic E-state index is 4.78. The van der Waals surface area contributed by atoms with E-state index < -0.39 is 0 Å². The van der Waals surface area contributed by atoms with Crippen LogP contribution in [0.5, 0.6) is 0 Å². The molecule has 0 aromatic carbocycles. The first-order chi connectivity index (χ1) is 8.20. The van der Waals surface area contributed by atoms with Crippen LogP contribution in [0, 0.1) is 0 Å². The first-order valence-electron chi connectivity index (χ1n) is 6.52. The summed E-state index contributed by atoms with van der Waals surface area (Å²) < 4.78 is 0. The normalized spacial score (nSPS) is 17.2. The van der Waals surface area contributed by atoms with Gasteiger partial charge in [-0.1, -0.05) is 13.8 Å². The predicted octanol–water partition coefficient (Wildman–Crippen LogP) is 3.33. The zero-order valence-electron chi connectivity index (χ0n) is 10.8. The van der Waals surface area contributed by atoms with E-state index in [4.69, 9.17) is 4.98 Å². The van der Waals surface area contributed by atoms with Crippen LogP contribution in [0.15, 0.2) is 0 Å². The molecule has 96 valence electrons. The minimum atomic E-state index is 0.522. The highest BCUT2D eigenvalue weighted by Gasteiger charge is 2.15. The number of nitrogens with zero attached hydrogens (tertiary/aromatic N) is 2. The third kappa shape index (κ3) is 3.46. The Balaban J connectivity index is 1.95. The van der Waals surface area contributed by atoms with Gasteiger partial charge in [-0.15, -0.1) is 11.3 Å². The summed E-state index contributed by atoms with van der Waals surface area (Å²) >= 11 is 6.26. The standard InChI is InChI=1S/C13H22N2S2/c1-10(2)13-11(9-16)17-12(14-13)5-8-15-6-3-4-7-15/h10,16H,3-9H2,1-2H3. The summed E-state index contributed by atoms with van der Waals surface area (Å²) in [6.45, 7) is 8.17. The molecule has 1 aliphatic rings. The second kappa shape index (κ2) is 6.21. The molecule has 2 heterocycles. The molecule has 0 N–H and O–H groups in total. The Hall–Kier alpha value is -0.0600. The van der Waals surface area contributed by atoms with E-state index in [0.29, 0.717) is 5.92 Å². The molecule has 0 radical (unpaired) electrons. The Kier molecular flexibility index (Phi) is 4.88. The summed E-state index contributed by atoms with van der Waals surface area (Å²) in [4.78, 5) is 8.70. The first kappa shape index (κ1) is 13.4. The molecule has 2 nitrogen and oxygen atoms in total. The van der Waals surface area contributed by atoms with Crippen molar-refractivity contribution in [3.63, 3.8) is 0 Å². The topological polar surface area (TPSA) is 16.1 Å². The Morgan fingerprint density at radius 2 is 2.06 bits per heavy atom. The molecule has 1 aromatic heterocycles. The minimum absolute atomic E-state index is 0.522. The number of likely N-dealkylation sites (tertiary alicyclic amines) is 1. The van der Waals surface area contributed by atoms with Gasteiger partial charge in [-0.25, -0.2) is 4.98 Å². The van der Waals surface area contributed by atoms with Gasteiger partial charge < -0.3 is 4.90 Å². The van der Waals surface area contributed by atoms with E-state index in [2.05, 4.69) is 31.4 Å². The fourth-order valence-corrected chi connectivity index (χ4v) is 3.77. The number of aromatic nitrogens is 1. The predicted molar refractivity (Wildman–Crippen MR) is 78.3 cm³/mol. The SMILES string of the molecule is CC(C)c1nc(CCN2CCCC2)sc1CS. The van der Waals surface area contributed by atoms with Gasteiger partial charge in [0.15, 0.2) is 0 Å². The summed E-state index contributed by atoms with van der Waals surface area (Å²) in [5, 5.41) is 1.30. The van der Waals surface area contributed by atoms with Crippen LogP contribution < -0.4 is 0 Å². The van der Waals surface area contributed by atoms with Gasteiger partial charge in [0, 0.05) is 23.6 Å². The molecular weight excluding hydrogens is 248 g/mol. The molecule has 0 saturated carbocycles. The van der Waals surface area contributed by atoms with Crippen LogP contribution in [0.2, 0.25) is 0 Å². The zero-order chi connectivity index (χ0) is 12.3. The van der Waals surface area contributed by atoms with Gasteiger partial charge in [-0.2, -0.15) is 12.6 Å². The van der Waals surface area contributed by atoms with Crippen molar-refractivity contribution in [2.24, 2.45) is 0 Å². The molecule has 0 spiro atoms. The van der Waals surface area contributed by atoms with Crippen LogP contribution in [0.3, 0.4) is 0 Å². The average molecular weight is 270 g/mol. The fraction of sp³-hybridized carbons (Fsp3) is 0.769. The molecule has 0 aliphatic carbocycles. The van der Waals surface area contributed by atoms with Crippen LogP contribution in [-0.2, 0) is 12.2 Å². The molecule has 2 rings (SSSR count). The lowest BCUT2D eigenvalue weighted by molar-refractivity contribution is 0.343. The zero-order valence-corrected chi connectivity index (χ0v) is 12.5. The molecule has 1 aromatic rings. The Morgan fingerprint density at radius 1 is 1.35 bits per heavy atom. The van der Waals surface area contributed by atoms with Gasteiger partial charge in [-0.3, -0.25) is 0 Å². The molecule has 4 heteroatoms. The largest absolute Gasteiger partial charge is 0.303 e. The van der Waals surface area contributed by atoms with Gasteiger partial charge in [0.1, 0.15) is 0 Å². The second-order valence-corrected chi connectivity index (χ2v) is 6.51. The molecule has 1 saturated heterocycles. The van der Waals surface area contributed by atoms with E-state index in [-0.39, 0.29) is 0 Å². The fourth-order valence-electron chi connectivity index (χ4n) is 2.35. The van der Waals surface area contributed by atoms with Crippen LogP contribution >= 0.6 is 24.0 Å². The third-order valence-corrected chi connectivity index (χ3v) is 4.96. The molecular formula is C13H22N2S2. The summed E-state index contributed by atoms with van der Waals surface area (Å²) in [5.41, 5.74) is 1.27. The Bertz CT molecular complexity index is 354. The van der Waals surface area contributed by atoms with Crippen LogP contribution in [0.4, 0.5) is 0 Å². The van der Waals surface area contributed by atoms with Crippen LogP contribution in [-0.4, -0.2) is 29.5 Å². The molecule has 0 bridgehead atoms. The van der Waals surface area contributed by atoms with Crippen LogP contribution in [0.25, 0.3) is 0 Å². The van der Waals surface area contributed by atoms with E-state index in [1.807, 2.05) is 11.3 Å². The Labute approximate surface area is 114 Å². The lowest BCUT2D eigenvalue weighted by atomic mass is 10.1. The van der Waals surface area contributed by atoms with Crippen molar-refractivity contribution >= 4 is 24.0 Å². The van der Waals surface area contributed by atoms with E-state index in [0.717, 1.165) is 12.2 Å². The number of thiazole rings is 1. The maximum Gasteiger partial charge on any atom is 0.0944 e. The molecule has 1 fully saturated rings. The average Bonchev–Trinajstić information content (AvgIpc) is 2.95. The van der Waals surface area contributed by atoms with E-state index >= 15 is 0 Å². The summed E-state index contributed by atoms with van der Waals surface area (Å²) in [6.07, 6.45) is 3.85. The molecule has 17 heavy (non-hydrogen) atoms. The molecule has 1 aliphatic heterocycles. The monoisotopic (exact) mass is 270 g/mol. The van der Waals surface area contributed by atoms with Crippen molar-refractivity contribution in [2.75, 3.05) is 19.6 Å². The highest BCUT2D eigenvalue weighted by molar-refractivity contribution is 7.79. The van der Waals surface area contributed by atoms with Gasteiger partial charge in [-0.05, 0) is 31.8 Å². The number of rotatable bonds is 5. The summed E-state index contributed by atoms with van der Waals surface area (Å²) in [7, 11) is 0. The number of hydrogen-bond acceptors (Lipinski definition) is 4. The van der Waals surface area contributed by atoms with Crippen molar-refractivity contribution in [2.45, 2.75) is 44.8 Å². The second-order valence-electron chi connectivity index (χ2n) is 5.03. The highest BCUT2D eigenvalue weighted by Crippen LogP contribution is 2.27. The number of hydrogen-bond donors (Lipinski definition) is 1. The van der Waals surface area contributed by atoms with Crippen LogP contribution in [0.1, 0.15) is 48.2 Å². The van der Waals surface area contributed by atoms with Gasteiger partial charge in [0.05, 0.1) is 10.7 Å². The smallest absolute Gasteiger partial charge is 0.0944 e.